The Bertz CT molecular complexity index is 121. The Morgan fingerprint density at radius 3 is 1.86 bits per heavy atom. The molecule has 0 bridgehead atoms. The third-order valence-corrected chi connectivity index (χ3v) is 1.63. The van der Waals surface area contributed by atoms with E-state index in [1.807, 2.05) is 0 Å². The maximum absolute atomic E-state index is 9.74. The molecule has 0 amide bonds. The van der Waals surface area contributed by atoms with Gasteiger partial charge in [-0.15, -0.1) is 0 Å². The second kappa shape index (κ2) is 3.76. The minimum absolute atomic E-state index is 0.986. The first-order chi connectivity index (χ1) is 3.35. The quantitative estimate of drug-likeness (QED) is 0.519. The van der Waals surface area contributed by atoms with Gasteiger partial charge in [0.15, 0.2) is 0 Å². The van der Waals surface area contributed by atoms with E-state index < -0.39 is 13.5 Å². The van der Waals surface area contributed by atoms with Crippen LogP contribution in [0.2, 0.25) is 0 Å². The van der Waals surface area contributed by atoms with Crippen LogP contribution < -0.4 is 0 Å². The Morgan fingerprint density at radius 1 is 1.43 bits per heavy atom. The SMILES string of the molecule is C=[CH][Fe](=[C]=O)[CH]=C. The molecule has 7 heavy (non-hydrogen) atoms. The van der Waals surface area contributed by atoms with Gasteiger partial charge >= 0.3 is 46.2 Å². The Balaban J connectivity index is 4.14. The summed E-state index contributed by atoms with van der Waals surface area (Å²) in [6.45, 7) is 6.81. The molecule has 0 aliphatic rings. The van der Waals surface area contributed by atoms with Crippen molar-refractivity contribution in [1.29, 1.82) is 0 Å². The van der Waals surface area contributed by atoms with Gasteiger partial charge in [-0.25, -0.2) is 0 Å². The molecule has 0 heterocycles. The number of rotatable bonds is 2. The van der Waals surface area contributed by atoms with Crippen molar-refractivity contribution in [2.75, 3.05) is 0 Å². The zero-order chi connectivity index (χ0) is 5.70. The summed E-state index contributed by atoms with van der Waals surface area (Å²) >= 11 is -0.986. The summed E-state index contributed by atoms with van der Waals surface area (Å²) in [5.41, 5.74) is 0. The van der Waals surface area contributed by atoms with Crippen LogP contribution in [-0.4, -0.2) is 4.79 Å². The average molecular weight is 138 g/mol. The Morgan fingerprint density at radius 2 is 1.86 bits per heavy atom. The van der Waals surface area contributed by atoms with E-state index in [9.17, 15) is 4.79 Å². The fraction of sp³-hybridized carbons (Fsp3) is 0. The average Bonchev–Trinajstić information content (AvgIpc) is 1.72. The van der Waals surface area contributed by atoms with Gasteiger partial charge in [0, 0.05) is 0 Å². The molecule has 0 aromatic rings. The number of hydrogen-bond acceptors (Lipinski definition) is 1. The zero-order valence-corrected chi connectivity index (χ0v) is 4.93. The molecule has 0 N–H and O–H groups in total. The van der Waals surface area contributed by atoms with Gasteiger partial charge in [0.1, 0.15) is 0 Å². The molecular weight excluding hydrogens is 132 g/mol. The molecule has 0 atom stereocenters. The van der Waals surface area contributed by atoms with E-state index in [1.165, 1.54) is 0 Å². The first-order valence-electron chi connectivity index (χ1n) is 1.61. The van der Waals surface area contributed by atoms with Crippen molar-refractivity contribution in [3.05, 3.63) is 23.1 Å². The fourth-order valence-electron chi connectivity index (χ4n) is 0.118. The van der Waals surface area contributed by atoms with Crippen LogP contribution in [0.4, 0.5) is 0 Å². The number of hydrogen-bond donors (Lipinski definition) is 0. The minimum atomic E-state index is -0.986. The normalized spacial score (nSPS) is 8.86. The zero-order valence-electron chi connectivity index (χ0n) is 3.83. The predicted octanol–water partition coefficient (Wildman–Crippen LogP) is 0.959. The summed E-state index contributed by atoms with van der Waals surface area (Å²) in [4.78, 5) is 14.7. The van der Waals surface area contributed by atoms with Crippen LogP contribution >= 0.6 is 0 Å². The summed E-state index contributed by atoms with van der Waals surface area (Å²) in [7, 11) is 0. The van der Waals surface area contributed by atoms with E-state index in [0.717, 1.165) is 0 Å². The van der Waals surface area contributed by atoms with Gasteiger partial charge in [-0.3, -0.25) is 0 Å². The van der Waals surface area contributed by atoms with E-state index >= 15 is 0 Å². The molecule has 0 unspecified atom stereocenters. The summed E-state index contributed by atoms with van der Waals surface area (Å²) in [5.74, 6) is 0. The Hall–Kier alpha value is -0.421. The van der Waals surface area contributed by atoms with Gasteiger partial charge in [-0.1, -0.05) is 0 Å². The molecule has 0 aliphatic heterocycles. The van der Waals surface area contributed by atoms with Crippen molar-refractivity contribution >= 4 is 4.79 Å². The Kier molecular flexibility index (Phi) is 3.53. The second-order valence-electron chi connectivity index (χ2n) is 0.683. The third kappa shape index (κ3) is 2.30. The molecule has 0 aliphatic carbocycles. The molecule has 0 rings (SSSR count). The van der Waals surface area contributed by atoms with Gasteiger partial charge < -0.3 is 0 Å². The molecule has 0 aromatic carbocycles. The summed E-state index contributed by atoms with van der Waals surface area (Å²) in [5, 5.41) is 0. The fourth-order valence-corrected chi connectivity index (χ4v) is 0.486. The molecule has 1 nitrogen and oxygen atoms in total. The second-order valence-corrected chi connectivity index (χ2v) is 2.82. The van der Waals surface area contributed by atoms with Crippen LogP contribution in [-0.2, 0) is 18.3 Å². The van der Waals surface area contributed by atoms with Crippen LogP contribution in [0.1, 0.15) is 0 Å². The molecule has 0 fully saturated rings. The summed E-state index contributed by atoms with van der Waals surface area (Å²) in [6, 6.07) is 0. The monoisotopic (exact) mass is 138 g/mol. The molecular formula is C5H6FeO. The first-order valence-corrected chi connectivity index (χ1v) is 3.43. The van der Waals surface area contributed by atoms with Crippen LogP contribution in [0.5, 0.6) is 0 Å². The van der Waals surface area contributed by atoms with E-state index in [0.29, 0.717) is 0 Å². The van der Waals surface area contributed by atoms with Crippen molar-refractivity contribution in [1.82, 2.24) is 0 Å². The molecule has 0 radical (unpaired) electrons. The van der Waals surface area contributed by atoms with Gasteiger partial charge in [0.2, 0.25) is 0 Å². The molecule has 2 heteroatoms. The van der Waals surface area contributed by atoms with Gasteiger partial charge in [0.25, 0.3) is 0 Å². The molecule has 40 valence electrons. The molecule has 0 saturated carbocycles. The summed E-state index contributed by atoms with van der Waals surface area (Å²) < 4.78 is 0. The van der Waals surface area contributed by atoms with Crippen molar-refractivity contribution in [3.63, 3.8) is 0 Å². The topological polar surface area (TPSA) is 17.1 Å². The third-order valence-electron chi connectivity index (χ3n) is 0.394. The van der Waals surface area contributed by atoms with E-state index in [2.05, 4.69) is 13.2 Å². The van der Waals surface area contributed by atoms with E-state index in [-0.39, 0.29) is 0 Å². The van der Waals surface area contributed by atoms with Gasteiger partial charge in [-0.05, 0) is 0 Å². The predicted molar refractivity (Wildman–Crippen MR) is 26.1 cm³/mol. The first kappa shape index (κ1) is 6.58. The van der Waals surface area contributed by atoms with Crippen LogP contribution in [0.3, 0.4) is 0 Å². The van der Waals surface area contributed by atoms with Crippen LogP contribution in [0.15, 0.2) is 23.1 Å². The van der Waals surface area contributed by atoms with Crippen molar-refractivity contribution in [3.8, 4) is 0 Å². The van der Waals surface area contributed by atoms with Crippen LogP contribution in [0.25, 0.3) is 0 Å². The van der Waals surface area contributed by atoms with Crippen molar-refractivity contribution < 1.29 is 18.3 Å². The number of carbonyl (C=O) groups excluding carboxylic acids is 1. The Labute approximate surface area is 46.8 Å². The van der Waals surface area contributed by atoms with Crippen molar-refractivity contribution in [2.24, 2.45) is 0 Å². The molecule has 0 spiro atoms. The standard InChI is InChI=1S/2C2H3.CO.Fe/c3*1-2;/h2*1H,2H2;;. The van der Waals surface area contributed by atoms with E-state index in [4.69, 9.17) is 0 Å². The molecule has 0 aromatic heterocycles. The summed E-state index contributed by atoms with van der Waals surface area (Å²) in [6.07, 6.45) is 0. The van der Waals surface area contributed by atoms with Crippen molar-refractivity contribution in [2.45, 2.75) is 0 Å². The molecule has 0 saturated heterocycles. The van der Waals surface area contributed by atoms with Gasteiger partial charge in [0.05, 0.1) is 0 Å². The van der Waals surface area contributed by atoms with Gasteiger partial charge in [-0.2, -0.15) is 0 Å². The maximum atomic E-state index is 9.74. The van der Waals surface area contributed by atoms with Crippen LogP contribution in [0, 0.1) is 0 Å². The van der Waals surface area contributed by atoms with E-state index in [1.54, 1.807) is 14.7 Å².